The van der Waals surface area contributed by atoms with Crippen LogP contribution in [0.3, 0.4) is 0 Å². The van der Waals surface area contributed by atoms with Crippen molar-refractivity contribution in [1.82, 2.24) is 0 Å². The number of hydrogen-bond donors (Lipinski definition) is 1. The highest BCUT2D eigenvalue weighted by atomic mass is 16.4. The average molecular weight is 469 g/mol. The Kier molecular flexibility index (Phi) is 5.20. The van der Waals surface area contributed by atoms with Crippen LogP contribution < -0.4 is 0 Å². The molecular weight excluding hydrogens is 424 g/mol. The van der Waals surface area contributed by atoms with Crippen molar-refractivity contribution >= 4 is 18.0 Å². The molecule has 5 aliphatic carbocycles. The first-order valence-electron chi connectivity index (χ1n) is 13.8. The summed E-state index contributed by atoms with van der Waals surface area (Å²) in [5.41, 5.74) is -0.0675. The number of Topliss-reactive ketones (excluding diaryl/α,β-unsaturated/α-hetero) is 1. The van der Waals surface area contributed by atoms with E-state index in [1.165, 1.54) is 5.57 Å². The van der Waals surface area contributed by atoms with Gasteiger partial charge in [-0.15, -0.1) is 0 Å². The standard InChI is InChI=1S/C30H44O4/c1-18-9-14-30(25(33)34)16-15-28(5)20(24(30)19(18)2)7-8-22-26(3)12-11-23(32)27(4,17-31)21(26)10-13-29(22,28)6/h7,17-19,21-22,24H,8-16H2,1-6H3,(H,33,34). The number of ketones is 1. The number of allylic oxidation sites excluding steroid dienone is 2. The quantitative estimate of drug-likeness (QED) is 0.286. The summed E-state index contributed by atoms with van der Waals surface area (Å²) in [4.78, 5) is 37.9. The third-order valence-electron chi connectivity index (χ3n) is 13.1. The molecule has 5 rings (SSSR count). The molecule has 0 aromatic rings. The lowest BCUT2D eigenvalue weighted by Gasteiger charge is -2.70. The predicted molar refractivity (Wildman–Crippen MR) is 132 cm³/mol. The zero-order valence-corrected chi connectivity index (χ0v) is 22.1. The average Bonchev–Trinajstić information content (AvgIpc) is 2.79. The Morgan fingerprint density at radius 1 is 1.00 bits per heavy atom. The molecule has 34 heavy (non-hydrogen) atoms. The van der Waals surface area contributed by atoms with E-state index in [-0.39, 0.29) is 33.9 Å². The molecular formula is C30H44O4. The van der Waals surface area contributed by atoms with E-state index in [0.717, 1.165) is 57.7 Å². The number of carboxylic acid groups (broad SMARTS) is 1. The van der Waals surface area contributed by atoms with Crippen molar-refractivity contribution in [3.05, 3.63) is 11.6 Å². The summed E-state index contributed by atoms with van der Waals surface area (Å²) < 4.78 is 0. The number of aliphatic carboxylic acids is 1. The number of fused-ring (bicyclic) bond motifs is 7. The van der Waals surface area contributed by atoms with Gasteiger partial charge in [0.05, 0.1) is 10.8 Å². The summed E-state index contributed by atoms with van der Waals surface area (Å²) in [7, 11) is 0. The lowest BCUT2D eigenvalue weighted by atomic mass is 9.33. The monoisotopic (exact) mass is 468 g/mol. The van der Waals surface area contributed by atoms with Crippen molar-refractivity contribution in [3.8, 4) is 0 Å². The molecule has 10 atom stereocenters. The first kappa shape index (κ1) is 24.3. The molecule has 4 nitrogen and oxygen atoms in total. The number of aldehydes is 1. The van der Waals surface area contributed by atoms with Crippen LogP contribution in [-0.2, 0) is 14.4 Å². The summed E-state index contributed by atoms with van der Waals surface area (Å²) in [6.45, 7) is 13.8. The Morgan fingerprint density at radius 2 is 1.71 bits per heavy atom. The number of rotatable bonds is 2. The summed E-state index contributed by atoms with van der Waals surface area (Å²) in [6, 6.07) is 0. The van der Waals surface area contributed by atoms with Crippen molar-refractivity contribution in [1.29, 1.82) is 0 Å². The molecule has 5 aliphatic rings. The van der Waals surface area contributed by atoms with E-state index in [1.807, 2.05) is 6.92 Å². The summed E-state index contributed by atoms with van der Waals surface area (Å²) >= 11 is 0. The van der Waals surface area contributed by atoms with Gasteiger partial charge in [-0.1, -0.05) is 46.3 Å². The summed E-state index contributed by atoms with van der Waals surface area (Å²) in [5.74, 6) is 1.07. The Balaban J connectivity index is 1.62. The molecule has 0 heterocycles. The second kappa shape index (κ2) is 7.29. The van der Waals surface area contributed by atoms with Crippen molar-refractivity contribution in [2.24, 2.45) is 56.7 Å². The SMILES string of the molecule is CC1CCC2(C(=O)O)CCC3(C)C(=CCC4C5(C)CCC(=O)C(C)(C=O)C5CCC43C)C2C1C. The molecule has 0 saturated heterocycles. The van der Waals surface area contributed by atoms with Gasteiger partial charge in [-0.05, 0) is 104 Å². The third-order valence-corrected chi connectivity index (χ3v) is 13.1. The molecule has 0 aromatic carbocycles. The van der Waals surface area contributed by atoms with Crippen LogP contribution in [0.25, 0.3) is 0 Å². The van der Waals surface area contributed by atoms with Crippen LogP contribution >= 0.6 is 0 Å². The largest absolute Gasteiger partial charge is 0.481 e. The fourth-order valence-corrected chi connectivity index (χ4v) is 10.6. The van der Waals surface area contributed by atoms with E-state index in [9.17, 15) is 19.5 Å². The molecule has 0 bridgehead atoms. The van der Waals surface area contributed by atoms with E-state index >= 15 is 0 Å². The van der Waals surface area contributed by atoms with E-state index in [1.54, 1.807) is 0 Å². The van der Waals surface area contributed by atoms with Crippen molar-refractivity contribution in [2.75, 3.05) is 0 Å². The second-order valence-corrected chi connectivity index (χ2v) is 13.9. The van der Waals surface area contributed by atoms with Crippen LogP contribution in [0.5, 0.6) is 0 Å². The number of carbonyl (C=O) groups excluding carboxylic acids is 2. The number of carbonyl (C=O) groups is 3. The lowest BCUT2D eigenvalue weighted by Crippen LogP contribution is -2.65. The van der Waals surface area contributed by atoms with Gasteiger partial charge in [-0.2, -0.15) is 0 Å². The first-order chi connectivity index (χ1) is 15.8. The molecule has 10 unspecified atom stereocenters. The van der Waals surface area contributed by atoms with Crippen LogP contribution in [0.15, 0.2) is 11.6 Å². The van der Waals surface area contributed by atoms with Gasteiger partial charge in [-0.3, -0.25) is 9.59 Å². The van der Waals surface area contributed by atoms with E-state index in [4.69, 9.17) is 0 Å². The van der Waals surface area contributed by atoms with E-state index in [2.05, 4.69) is 40.7 Å². The molecule has 188 valence electrons. The molecule has 0 spiro atoms. The topological polar surface area (TPSA) is 71.4 Å². The van der Waals surface area contributed by atoms with Crippen molar-refractivity contribution in [2.45, 2.75) is 99.3 Å². The van der Waals surface area contributed by atoms with Gasteiger partial charge in [0, 0.05) is 6.42 Å². The van der Waals surface area contributed by atoms with Crippen LogP contribution in [0.1, 0.15) is 99.3 Å². The fourth-order valence-electron chi connectivity index (χ4n) is 10.6. The van der Waals surface area contributed by atoms with Gasteiger partial charge >= 0.3 is 5.97 Å². The molecule has 0 amide bonds. The molecule has 0 radical (unpaired) electrons. The normalized spacial score (nSPS) is 54.6. The highest BCUT2D eigenvalue weighted by Gasteiger charge is 2.70. The van der Waals surface area contributed by atoms with Gasteiger partial charge in [0.15, 0.2) is 0 Å². The molecule has 4 fully saturated rings. The first-order valence-corrected chi connectivity index (χ1v) is 13.8. The minimum atomic E-state index is -0.864. The van der Waals surface area contributed by atoms with E-state index in [0.29, 0.717) is 24.2 Å². The highest BCUT2D eigenvalue weighted by Crippen LogP contribution is 2.75. The predicted octanol–water partition coefficient (Wildman–Crippen LogP) is 6.48. The lowest BCUT2D eigenvalue weighted by molar-refractivity contribution is -0.190. The van der Waals surface area contributed by atoms with Gasteiger partial charge in [0.2, 0.25) is 0 Å². The Hall–Kier alpha value is -1.45. The highest BCUT2D eigenvalue weighted by molar-refractivity contribution is 5.99. The minimum Gasteiger partial charge on any atom is -0.481 e. The zero-order chi connectivity index (χ0) is 24.9. The van der Waals surface area contributed by atoms with Crippen molar-refractivity contribution < 1.29 is 19.5 Å². The van der Waals surface area contributed by atoms with Crippen LogP contribution in [0.4, 0.5) is 0 Å². The smallest absolute Gasteiger partial charge is 0.310 e. The third kappa shape index (κ3) is 2.64. The van der Waals surface area contributed by atoms with Gasteiger partial charge < -0.3 is 9.90 Å². The van der Waals surface area contributed by atoms with Crippen LogP contribution in [0.2, 0.25) is 0 Å². The maximum Gasteiger partial charge on any atom is 0.310 e. The van der Waals surface area contributed by atoms with Crippen molar-refractivity contribution in [3.63, 3.8) is 0 Å². The van der Waals surface area contributed by atoms with Gasteiger partial charge in [-0.25, -0.2) is 0 Å². The maximum absolute atomic E-state index is 12.9. The maximum atomic E-state index is 12.9. The van der Waals surface area contributed by atoms with Crippen LogP contribution in [0, 0.1) is 56.7 Å². The second-order valence-electron chi connectivity index (χ2n) is 13.9. The molecule has 0 aliphatic heterocycles. The Labute approximate surface area is 205 Å². The summed E-state index contributed by atoms with van der Waals surface area (Å²) in [6.07, 6.45) is 11.2. The molecule has 1 N–H and O–H groups in total. The fraction of sp³-hybridized carbons (Fsp3) is 0.833. The van der Waals surface area contributed by atoms with Gasteiger partial charge in [0.1, 0.15) is 12.1 Å². The zero-order valence-electron chi connectivity index (χ0n) is 22.1. The molecule has 0 aromatic heterocycles. The molecule has 4 saturated carbocycles. The number of carboxylic acids is 1. The molecule has 4 heteroatoms. The van der Waals surface area contributed by atoms with Gasteiger partial charge in [0.25, 0.3) is 0 Å². The van der Waals surface area contributed by atoms with E-state index < -0.39 is 16.8 Å². The Morgan fingerprint density at radius 3 is 2.35 bits per heavy atom. The number of hydrogen-bond acceptors (Lipinski definition) is 3. The van der Waals surface area contributed by atoms with Crippen LogP contribution in [-0.4, -0.2) is 23.1 Å². The minimum absolute atomic E-state index is 0.0299. The Bertz CT molecular complexity index is 967. The summed E-state index contributed by atoms with van der Waals surface area (Å²) in [5, 5.41) is 10.5.